The molecule has 31 heavy (non-hydrogen) atoms. The molecule has 4 aromatic rings. The molecule has 3 aromatic heterocycles. The van der Waals surface area contributed by atoms with Gasteiger partial charge in [0.05, 0.1) is 23.1 Å². The van der Waals surface area contributed by atoms with Gasteiger partial charge in [-0.25, -0.2) is 4.98 Å². The Kier molecular flexibility index (Phi) is 4.99. The number of nitrogens with zero attached hydrogens (tertiary/aromatic N) is 6. The van der Waals surface area contributed by atoms with Crippen LogP contribution in [0.2, 0.25) is 0 Å². The Morgan fingerprint density at radius 3 is 2.65 bits per heavy atom. The van der Waals surface area contributed by atoms with E-state index in [-0.39, 0.29) is 17.9 Å². The molecule has 1 amide bonds. The zero-order valence-electron chi connectivity index (χ0n) is 17.4. The monoisotopic (exact) mass is 416 g/mol. The number of rotatable bonds is 4. The van der Waals surface area contributed by atoms with Crippen molar-refractivity contribution in [1.82, 2.24) is 29.0 Å². The molecule has 4 heterocycles. The molecular formula is C23H24N6O2. The molecular weight excluding hydrogens is 392 g/mol. The number of amides is 1. The Hall–Kier alpha value is -3.52. The van der Waals surface area contributed by atoms with Gasteiger partial charge >= 0.3 is 0 Å². The first kappa shape index (κ1) is 19.4. The van der Waals surface area contributed by atoms with Crippen LogP contribution >= 0.6 is 0 Å². The Labute approximate surface area is 179 Å². The third kappa shape index (κ3) is 3.70. The molecule has 8 nitrogen and oxygen atoms in total. The van der Waals surface area contributed by atoms with E-state index in [9.17, 15) is 9.59 Å². The van der Waals surface area contributed by atoms with Gasteiger partial charge in [-0.05, 0) is 31.2 Å². The molecule has 158 valence electrons. The maximum Gasteiger partial charge on any atom is 0.244 e. The summed E-state index contributed by atoms with van der Waals surface area (Å²) in [5.41, 5.74) is 3.76. The number of hydrogen-bond donors (Lipinski definition) is 0. The summed E-state index contributed by atoms with van der Waals surface area (Å²) >= 11 is 0. The topological polar surface area (TPSA) is 75.7 Å². The molecule has 0 atom stereocenters. The minimum Gasteiger partial charge on any atom is -0.339 e. The number of benzene rings is 1. The molecule has 1 saturated heterocycles. The zero-order valence-corrected chi connectivity index (χ0v) is 17.4. The Morgan fingerprint density at radius 1 is 1.03 bits per heavy atom. The summed E-state index contributed by atoms with van der Waals surface area (Å²) in [4.78, 5) is 33.8. The molecule has 0 radical (unpaired) electrons. The van der Waals surface area contributed by atoms with Crippen LogP contribution in [0.4, 0.5) is 0 Å². The number of para-hydroxylation sites is 1. The quantitative estimate of drug-likeness (QED) is 0.506. The number of hydrogen-bond acceptors (Lipinski definition) is 5. The number of carbonyl (C=O) groups is 1. The Bertz CT molecular complexity index is 1320. The summed E-state index contributed by atoms with van der Waals surface area (Å²) in [6.45, 7) is 5.95. The Morgan fingerprint density at radius 2 is 1.81 bits per heavy atom. The van der Waals surface area contributed by atoms with Crippen LogP contribution in [0.15, 0.2) is 59.7 Å². The van der Waals surface area contributed by atoms with Crippen LogP contribution in [-0.2, 0) is 17.9 Å². The van der Waals surface area contributed by atoms with E-state index >= 15 is 0 Å². The van der Waals surface area contributed by atoms with Crippen molar-refractivity contribution in [3.63, 3.8) is 0 Å². The SMILES string of the molecule is Cc1nc2ccccn2c1CN1CCN(C(=O)Cn2ncc(=O)c3ccccc32)CC1. The van der Waals surface area contributed by atoms with E-state index in [4.69, 9.17) is 0 Å². The molecule has 0 spiro atoms. The van der Waals surface area contributed by atoms with E-state index in [2.05, 4.69) is 19.4 Å². The molecule has 0 unspecified atom stereocenters. The number of imidazole rings is 1. The van der Waals surface area contributed by atoms with Crippen molar-refractivity contribution in [2.75, 3.05) is 26.2 Å². The highest BCUT2D eigenvalue weighted by Crippen LogP contribution is 2.16. The summed E-state index contributed by atoms with van der Waals surface area (Å²) in [7, 11) is 0. The van der Waals surface area contributed by atoms with Gasteiger partial charge in [0.25, 0.3) is 0 Å². The number of carbonyl (C=O) groups excluding carboxylic acids is 1. The molecule has 0 N–H and O–H groups in total. The van der Waals surface area contributed by atoms with E-state index in [1.165, 1.54) is 11.9 Å². The van der Waals surface area contributed by atoms with Crippen molar-refractivity contribution < 1.29 is 4.79 Å². The largest absolute Gasteiger partial charge is 0.339 e. The van der Waals surface area contributed by atoms with Crippen molar-refractivity contribution in [2.24, 2.45) is 0 Å². The van der Waals surface area contributed by atoms with E-state index in [1.54, 1.807) is 10.7 Å². The number of piperazine rings is 1. The summed E-state index contributed by atoms with van der Waals surface area (Å²) in [6, 6.07) is 13.3. The van der Waals surface area contributed by atoms with Crippen molar-refractivity contribution in [2.45, 2.75) is 20.0 Å². The highest BCUT2D eigenvalue weighted by molar-refractivity contribution is 5.81. The van der Waals surface area contributed by atoms with Crippen LogP contribution in [0.1, 0.15) is 11.4 Å². The fraction of sp³-hybridized carbons (Fsp3) is 0.304. The third-order valence-electron chi connectivity index (χ3n) is 5.97. The molecule has 0 saturated carbocycles. The lowest BCUT2D eigenvalue weighted by molar-refractivity contribution is -0.133. The minimum atomic E-state index is -0.129. The average molecular weight is 416 g/mol. The van der Waals surface area contributed by atoms with Crippen molar-refractivity contribution in [3.8, 4) is 0 Å². The van der Waals surface area contributed by atoms with Crippen molar-refractivity contribution in [1.29, 1.82) is 0 Å². The summed E-state index contributed by atoms with van der Waals surface area (Å²) in [6.07, 6.45) is 3.33. The molecule has 0 bridgehead atoms. The van der Waals surface area contributed by atoms with Crippen LogP contribution in [0, 0.1) is 6.92 Å². The van der Waals surface area contributed by atoms with Gasteiger partial charge in [-0.15, -0.1) is 0 Å². The smallest absolute Gasteiger partial charge is 0.244 e. The van der Waals surface area contributed by atoms with E-state index in [1.807, 2.05) is 54.4 Å². The highest BCUT2D eigenvalue weighted by Gasteiger charge is 2.23. The highest BCUT2D eigenvalue weighted by atomic mass is 16.2. The first-order chi connectivity index (χ1) is 15.1. The summed E-state index contributed by atoms with van der Waals surface area (Å²) in [5.74, 6) is 0.0203. The lowest BCUT2D eigenvalue weighted by Gasteiger charge is -2.34. The molecule has 8 heteroatoms. The van der Waals surface area contributed by atoms with Crippen LogP contribution < -0.4 is 5.43 Å². The predicted molar refractivity (Wildman–Crippen MR) is 118 cm³/mol. The number of aromatic nitrogens is 4. The van der Waals surface area contributed by atoms with Crippen molar-refractivity contribution in [3.05, 3.63) is 76.5 Å². The van der Waals surface area contributed by atoms with Gasteiger partial charge in [0.2, 0.25) is 11.3 Å². The van der Waals surface area contributed by atoms with Gasteiger partial charge in [0.15, 0.2) is 0 Å². The first-order valence-corrected chi connectivity index (χ1v) is 10.5. The van der Waals surface area contributed by atoms with Gasteiger partial charge in [-0.3, -0.25) is 19.2 Å². The van der Waals surface area contributed by atoms with Crippen LogP contribution in [0.25, 0.3) is 16.6 Å². The number of fused-ring (bicyclic) bond motifs is 2. The maximum absolute atomic E-state index is 12.9. The standard InChI is InChI=1S/C23H24N6O2/c1-17-20(28-9-5-4-8-22(28)25-17)15-26-10-12-27(13-11-26)23(31)16-29-19-7-3-2-6-18(19)21(30)14-24-29/h2-9,14H,10-13,15-16H2,1H3. The second-order valence-corrected chi connectivity index (χ2v) is 7.91. The maximum atomic E-state index is 12.9. The normalized spacial score (nSPS) is 15.1. The fourth-order valence-corrected chi connectivity index (χ4v) is 4.24. The van der Waals surface area contributed by atoms with Gasteiger partial charge in [0.1, 0.15) is 12.2 Å². The van der Waals surface area contributed by atoms with Gasteiger partial charge in [0, 0.05) is 44.3 Å². The van der Waals surface area contributed by atoms with E-state index in [0.29, 0.717) is 24.0 Å². The lowest BCUT2D eigenvalue weighted by atomic mass is 10.2. The second-order valence-electron chi connectivity index (χ2n) is 7.91. The van der Waals surface area contributed by atoms with E-state index < -0.39 is 0 Å². The van der Waals surface area contributed by atoms with Crippen LogP contribution in [0.5, 0.6) is 0 Å². The predicted octanol–water partition coefficient (Wildman–Crippen LogP) is 1.70. The molecule has 0 aliphatic carbocycles. The first-order valence-electron chi connectivity index (χ1n) is 10.5. The molecule has 1 aliphatic heterocycles. The minimum absolute atomic E-state index is 0.0203. The van der Waals surface area contributed by atoms with Crippen molar-refractivity contribution >= 4 is 22.5 Å². The average Bonchev–Trinajstić information content (AvgIpc) is 3.11. The summed E-state index contributed by atoms with van der Waals surface area (Å²) < 4.78 is 3.76. The Balaban J connectivity index is 1.25. The van der Waals surface area contributed by atoms with Crippen LogP contribution in [0.3, 0.4) is 0 Å². The molecule has 1 aliphatic rings. The lowest BCUT2D eigenvalue weighted by Crippen LogP contribution is -2.49. The molecule has 1 aromatic carbocycles. The molecule has 1 fully saturated rings. The zero-order chi connectivity index (χ0) is 21.4. The van der Waals surface area contributed by atoms with E-state index in [0.717, 1.165) is 31.0 Å². The third-order valence-corrected chi connectivity index (χ3v) is 5.97. The van der Waals surface area contributed by atoms with Crippen LogP contribution in [-0.4, -0.2) is 61.1 Å². The second kappa shape index (κ2) is 7.96. The van der Waals surface area contributed by atoms with Gasteiger partial charge in [-0.2, -0.15) is 5.10 Å². The number of aryl methyl sites for hydroxylation is 1. The van der Waals surface area contributed by atoms with Gasteiger partial charge < -0.3 is 9.30 Å². The molecule has 5 rings (SSSR count). The fourth-order valence-electron chi connectivity index (χ4n) is 4.24. The van der Waals surface area contributed by atoms with Gasteiger partial charge in [-0.1, -0.05) is 18.2 Å². The summed E-state index contributed by atoms with van der Waals surface area (Å²) in [5, 5.41) is 4.76. The number of pyridine rings is 1.